The van der Waals surface area contributed by atoms with Gasteiger partial charge in [-0.15, -0.1) is 11.3 Å². The molecule has 0 aliphatic carbocycles. The standard InChI is InChI=1S/C30H32N6O4S2/c31-28(32)21-8-4-7-20(13-21)14-23(27(39)30-33-11-12-42-30)34-29(40)24-18-41-17-22-15-35(16-26(38)36(22)24)25(37)10-9-19-5-2-1-3-6-19/h1-8,11-13,22-24H,9-10,14-18H2,(H3,31,32)(H,34,40)/t22-,23?,24+/m1/s1. The van der Waals surface area contributed by atoms with Crippen molar-refractivity contribution < 1.29 is 19.2 Å². The van der Waals surface area contributed by atoms with Gasteiger partial charge in [-0.25, -0.2) is 4.98 Å². The minimum Gasteiger partial charge on any atom is -0.384 e. The van der Waals surface area contributed by atoms with Crippen molar-refractivity contribution in [2.45, 2.75) is 37.4 Å². The van der Waals surface area contributed by atoms with Gasteiger partial charge in [-0.3, -0.25) is 24.6 Å². The van der Waals surface area contributed by atoms with Crippen molar-refractivity contribution in [3.8, 4) is 0 Å². The van der Waals surface area contributed by atoms with Gasteiger partial charge < -0.3 is 20.9 Å². The first kappa shape index (κ1) is 29.5. The average molecular weight is 605 g/mol. The summed E-state index contributed by atoms with van der Waals surface area (Å²) in [6, 6.07) is 14.8. The molecule has 0 bridgehead atoms. The lowest BCUT2D eigenvalue weighted by Gasteiger charge is -2.47. The van der Waals surface area contributed by atoms with Crippen molar-refractivity contribution in [3.63, 3.8) is 0 Å². The van der Waals surface area contributed by atoms with E-state index in [4.69, 9.17) is 11.1 Å². The molecule has 42 heavy (non-hydrogen) atoms. The zero-order chi connectivity index (χ0) is 29.6. The van der Waals surface area contributed by atoms with Gasteiger partial charge in [0.25, 0.3) is 0 Å². The molecule has 218 valence electrons. The molecule has 2 saturated heterocycles. The van der Waals surface area contributed by atoms with Gasteiger partial charge in [-0.05, 0) is 23.6 Å². The van der Waals surface area contributed by atoms with E-state index in [1.165, 1.54) is 17.5 Å². The van der Waals surface area contributed by atoms with Crippen LogP contribution >= 0.6 is 23.1 Å². The molecule has 10 nitrogen and oxygen atoms in total. The van der Waals surface area contributed by atoms with E-state index in [1.54, 1.807) is 45.1 Å². The summed E-state index contributed by atoms with van der Waals surface area (Å²) in [5.74, 6) is -0.160. The summed E-state index contributed by atoms with van der Waals surface area (Å²) in [5.41, 5.74) is 7.97. The van der Waals surface area contributed by atoms with Gasteiger partial charge >= 0.3 is 0 Å². The quantitative estimate of drug-likeness (QED) is 0.182. The average Bonchev–Trinajstić information content (AvgIpc) is 3.54. The molecule has 0 radical (unpaired) electrons. The van der Waals surface area contributed by atoms with E-state index in [2.05, 4.69) is 10.3 Å². The third kappa shape index (κ3) is 6.88. The second kappa shape index (κ2) is 13.3. The van der Waals surface area contributed by atoms with Crippen LogP contribution in [0.5, 0.6) is 0 Å². The molecule has 0 spiro atoms. The van der Waals surface area contributed by atoms with Crippen molar-refractivity contribution >= 4 is 52.4 Å². The molecule has 12 heteroatoms. The number of ketones is 1. The van der Waals surface area contributed by atoms with Crippen LogP contribution in [0.15, 0.2) is 66.2 Å². The zero-order valence-corrected chi connectivity index (χ0v) is 24.5. The molecule has 2 fully saturated rings. The van der Waals surface area contributed by atoms with Crippen LogP contribution in [0.3, 0.4) is 0 Å². The van der Waals surface area contributed by atoms with E-state index in [1.807, 2.05) is 36.4 Å². The summed E-state index contributed by atoms with van der Waals surface area (Å²) >= 11 is 2.75. The maximum absolute atomic E-state index is 13.7. The predicted molar refractivity (Wildman–Crippen MR) is 163 cm³/mol. The fourth-order valence-electron chi connectivity index (χ4n) is 5.33. The van der Waals surface area contributed by atoms with E-state index in [0.29, 0.717) is 36.5 Å². The molecule has 4 N–H and O–H groups in total. The number of benzene rings is 2. The number of thiazole rings is 1. The number of aromatic nitrogens is 1. The van der Waals surface area contributed by atoms with Crippen molar-refractivity contribution in [2.24, 2.45) is 5.73 Å². The minimum absolute atomic E-state index is 0.0715. The Balaban J connectivity index is 1.28. The van der Waals surface area contributed by atoms with Crippen molar-refractivity contribution in [1.82, 2.24) is 20.1 Å². The second-order valence-corrected chi connectivity index (χ2v) is 12.3. The minimum atomic E-state index is -0.924. The number of amidine groups is 1. The lowest BCUT2D eigenvalue weighted by Crippen LogP contribution is -2.67. The van der Waals surface area contributed by atoms with Gasteiger partial charge in [0.15, 0.2) is 5.01 Å². The number of rotatable bonds is 10. The van der Waals surface area contributed by atoms with Gasteiger partial charge in [0, 0.05) is 48.0 Å². The molecule has 2 aromatic carbocycles. The van der Waals surface area contributed by atoms with Gasteiger partial charge in [-0.1, -0.05) is 48.5 Å². The summed E-state index contributed by atoms with van der Waals surface area (Å²) in [7, 11) is 0. The Morgan fingerprint density at radius 3 is 2.62 bits per heavy atom. The van der Waals surface area contributed by atoms with Crippen LogP contribution < -0.4 is 11.1 Å². The predicted octanol–water partition coefficient (Wildman–Crippen LogP) is 2.12. The Labute approximate surface area is 252 Å². The van der Waals surface area contributed by atoms with Crippen LogP contribution in [0.4, 0.5) is 0 Å². The first-order valence-electron chi connectivity index (χ1n) is 13.7. The van der Waals surface area contributed by atoms with Crippen LogP contribution in [0, 0.1) is 5.41 Å². The monoisotopic (exact) mass is 604 g/mol. The third-order valence-corrected chi connectivity index (χ3v) is 9.40. The Morgan fingerprint density at radius 1 is 1.10 bits per heavy atom. The number of piperazine rings is 1. The number of hydrogen-bond donors (Lipinski definition) is 3. The van der Waals surface area contributed by atoms with Crippen LogP contribution in [-0.2, 0) is 27.2 Å². The van der Waals surface area contributed by atoms with Crippen molar-refractivity contribution in [1.29, 1.82) is 5.41 Å². The number of Topliss-reactive ketones (excluding diaryl/α,β-unsaturated/α-hetero) is 1. The maximum Gasteiger partial charge on any atom is 0.244 e. The lowest BCUT2D eigenvalue weighted by atomic mass is 9.99. The topological polar surface area (TPSA) is 150 Å². The van der Waals surface area contributed by atoms with Crippen LogP contribution in [0.1, 0.15) is 32.9 Å². The van der Waals surface area contributed by atoms with Crippen molar-refractivity contribution in [2.75, 3.05) is 24.6 Å². The SMILES string of the molecule is N=C(N)c1cccc(CC(NC(=O)[C@@H]2CSC[C@H]3CN(C(=O)CCc4ccccc4)CC(=O)N32)C(=O)c2nccs2)c1. The maximum atomic E-state index is 13.7. The van der Waals surface area contributed by atoms with Crippen molar-refractivity contribution in [3.05, 3.63) is 87.9 Å². The number of amides is 3. The molecule has 1 unspecified atom stereocenters. The van der Waals surface area contributed by atoms with E-state index < -0.39 is 18.0 Å². The van der Waals surface area contributed by atoms with Gasteiger partial charge in [0.05, 0.1) is 18.6 Å². The molecule has 1 aromatic heterocycles. The van der Waals surface area contributed by atoms with E-state index >= 15 is 0 Å². The number of hydrogen-bond acceptors (Lipinski definition) is 8. The molecule has 2 aliphatic heterocycles. The molecule has 3 amide bonds. The van der Waals surface area contributed by atoms with Gasteiger partial charge in [-0.2, -0.15) is 11.8 Å². The van der Waals surface area contributed by atoms with E-state index in [0.717, 1.165) is 11.1 Å². The molecule has 0 saturated carbocycles. The fraction of sp³-hybridized carbons (Fsp3) is 0.333. The molecule has 3 heterocycles. The van der Waals surface area contributed by atoms with Gasteiger partial charge in [0.1, 0.15) is 11.9 Å². The Morgan fingerprint density at radius 2 is 1.88 bits per heavy atom. The molecule has 2 aliphatic rings. The summed E-state index contributed by atoms with van der Waals surface area (Å²) in [5, 5.41) is 12.6. The molecule has 3 aromatic rings. The first-order chi connectivity index (χ1) is 20.3. The van der Waals surface area contributed by atoms with E-state index in [-0.39, 0.29) is 47.4 Å². The number of carbonyl (C=O) groups excluding carboxylic acids is 4. The normalized spacial score (nSPS) is 19.1. The number of nitrogens with one attached hydrogen (secondary N) is 2. The number of nitrogen functional groups attached to an aromatic ring is 1. The molecule has 5 rings (SSSR count). The van der Waals surface area contributed by atoms with E-state index in [9.17, 15) is 19.2 Å². The Bertz CT molecular complexity index is 1470. The summed E-state index contributed by atoms with van der Waals surface area (Å²) < 4.78 is 0. The molecular weight excluding hydrogens is 573 g/mol. The number of thioether (sulfide) groups is 1. The number of nitrogens with zero attached hydrogens (tertiary/aromatic N) is 3. The number of fused-ring (bicyclic) bond motifs is 1. The zero-order valence-electron chi connectivity index (χ0n) is 22.9. The van der Waals surface area contributed by atoms with Crippen LogP contribution in [0.2, 0.25) is 0 Å². The van der Waals surface area contributed by atoms with Crippen LogP contribution in [0.25, 0.3) is 0 Å². The summed E-state index contributed by atoms with van der Waals surface area (Å²) in [6.45, 7) is 0.299. The Kier molecular flexibility index (Phi) is 9.33. The summed E-state index contributed by atoms with van der Waals surface area (Å²) in [4.78, 5) is 60.8. The Hall–Kier alpha value is -4.03. The highest BCUT2D eigenvalue weighted by Crippen LogP contribution is 2.27. The largest absolute Gasteiger partial charge is 0.384 e. The number of nitrogens with two attached hydrogens (primary N) is 1. The number of carbonyl (C=O) groups is 4. The smallest absolute Gasteiger partial charge is 0.244 e. The van der Waals surface area contributed by atoms with Crippen LogP contribution in [-0.4, -0.2) is 86.8 Å². The summed E-state index contributed by atoms with van der Waals surface area (Å²) in [6.07, 6.45) is 2.62. The highest BCUT2D eigenvalue weighted by atomic mass is 32.2. The van der Waals surface area contributed by atoms with Gasteiger partial charge in [0.2, 0.25) is 23.5 Å². The third-order valence-electron chi connectivity index (χ3n) is 7.44. The lowest BCUT2D eigenvalue weighted by molar-refractivity contribution is -0.153. The fourth-order valence-corrected chi connectivity index (χ4v) is 7.17. The highest BCUT2D eigenvalue weighted by Gasteiger charge is 2.44. The second-order valence-electron chi connectivity index (χ2n) is 10.3. The first-order valence-corrected chi connectivity index (χ1v) is 15.7. The molecule has 3 atom stereocenters. The number of aryl methyl sites for hydroxylation is 1. The molecular formula is C30H32N6O4S2. The highest BCUT2D eigenvalue weighted by molar-refractivity contribution is 7.99.